The Bertz CT molecular complexity index is 502. The van der Waals surface area contributed by atoms with E-state index in [2.05, 4.69) is 5.32 Å². The van der Waals surface area contributed by atoms with E-state index in [0.717, 1.165) is 0 Å². The maximum absolute atomic E-state index is 12.3. The van der Waals surface area contributed by atoms with Crippen molar-refractivity contribution in [2.45, 2.75) is 33.2 Å². The van der Waals surface area contributed by atoms with Crippen LogP contribution in [0.1, 0.15) is 38.1 Å². The molecule has 1 rings (SSSR count). The topological polar surface area (TPSA) is 98.2 Å². The highest BCUT2D eigenvalue weighted by Crippen LogP contribution is 2.29. The maximum Gasteiger partial charge on any atom is 0.248 e. The number of benzene rings is 1. The van der Waals surface area contributed by atoms with Gasteiger partial charge in [-0.2, -0.15) is 0 Å². The van der Waals surface area contributed by atoms with Crippen LogP contribution in [-0.2, 0) is 4.79 Å². The molecule has 5 N–H and O–H groups in total. The predicted molar refractivity (Wildman–Crippen MR) is 75.6 cm³/mol. The van der Waals surface area contributed by atoms with Crippen LogP contribution in [0.3, 0.4) is 0 Å². The molecule has 1 aromatic rings. The minimum Gasteiger partial charge on any atom is -0.366 e. The summed E-state index contributed by atoms with van der Waals surface area (Å²) < 4.78 is 0. The summed E-state index contributed by atoms with van der Waals surface area (Å²) in [7, 11) is 0. The Morgan fingerprint density at radius 2 is 1.74 bits per heavy atom. The molecule has 1 aromatic carbocycles. The Labute approximate surface area is 113 Å². The second-order valence-corrected chi connectivity index (χ2v) is 5.75. The standard InChI is InChI=1S/C14H21N3O2/c1-13(2,14(3,4)16)12(19)17-10-7-5-6-9(8-10)11(15)18/h5-8H,16H2,1-4H3,(H2,15,18)(H,17,19). The first-order chi connectivity index (χ1) is 8.55. The van der Waals surface area contributed by atoms with Gasteiger partial charge in [-0.05, 0) is 45.9 Å². The van der Waals surface area contributed by atoms with Gasteiger partial charge in [-0.3, -0.25) is 9.59 Å². The molecule has 0 radical (unpaired) electrons. The molecule has 0 saturated carbocycles. The van der Waals surface area contributed by atoms with E-state index in [9.17, 15) is 9.59 Å². The van der Waals surface area contributed by atoms with Crippen LogP contribution < -0.4 is 16.8 Å². The average Bonchev–Trinajstić information content (AvgIpc) is 2.27. The molecule has 0 aliphatic rings. The van der Waals surface area contributed by atoms with Crippen LogP contribution in [0.15, 0.2) is 24.3 Å². The molecule has 2 amide bonds. The highest BCUT2D eigenvalue weighted by molar-refractivity contribution is 5.98. The van der Waals surface area contributed by atoms with Crippen molar-refractivity contribution in [2.24, 2.45) is 16.9 Å². The highest BCUT2D eigenvalue weighted by Gasteiger charge is 2.40. The number of amides is 2. The number of nitrogens with two attached hydrogens (primary N) is 2. The average molecular weight is 263 g/mol. The molecule has 0 spiro atoms. The van der Waals surface area contributed by atoms with Crippen LogP contribution in [0.2, 0.25) is 0 Å². The zero-order valence-electron chi connectivity index (χ0n) is 11.8. The van der Waals surface area contributed by atoms with E-state index in [1.807, 2.05) is 0 Å². The van der Waals surface area contributed by atoms with Crippen molar-refractivity contribution in [2.75, 3.05) is 5.32 Å². The lowest BCUT2D eigenvalue weighted by Gasteiger charge is -2.36. The van der Waals surface area contributed by atoms with Crippen molar-refractivity contribution in [1.29, 1.82) is 0 Å². The molecule has 0 fully saturated rings. The SMILES string of the molecule is CC(C)(N)C(C)(C)C(=O)Nc1cccc(C(N)=O)c1. The summed E-state index contributed by atoms with van der Waals surface area (Å²) in [6.07, 6.45) is 0. The molecule has 0 heterocycles. The molecule has 0 atom stereocenters. The Hall–Kier alpha value is -1.88. The van der Waals surface area contributed by atoms with Crippen LogP contribution >= 0.6 is 0 Å². The van der Waals surface area contributed by atoms with E-state index in [-0.39, 0.29) is 5.91 Å². The minimum atomic E-state index is -0.754. The van der Waals surface area contributed by atoms with Crippen molar-refractivity contribution >= 4 is 17.5 Å². The van der Waals surface area contributed by atoms with E-state index in [0.29, 0.717) is 11.3 Å². The third-order valence-electron chi connectivity index (χ3n) is 3.58. The van der Waals surface area contributed by atoms with Gasteiger partial charge in [0.25, 0.3) is 0 Å². The second-order valence-electron chi connectivity index (χ2n) is 5.75. The maximum atomic E-state index is 12.3. The monoisotopic (exact) mass is 263 g/mol. The van der Waals surface area contributed by atoms with E-state index >= 15 is 0 Å². The largest absolute Gasteiger partial charge is 0.366 e. The minimum absolute atomic E-state index is 0.207. The molecule has 104 valence electrons. The summed E-state index contributed by atoms with van der Waals surface area (Å²) in [5.74, 6) is -0.740. The summed E-state index contributed by atoms with van der Waals surface area (Å²) in [5, 5.41) is 2.76. The van der Waals surface area contributed by atoms with Gasteiger partial charge >= 0.3 is 0 Å². The molecule has 0 unspecified atom stereocenters. The zero-order valence-corrected chi connectivity index (χ0v) is 11.8. The lowest BCUT2D eigenvalue weighted by molar-refractivity contribution is -0.126. The van der Waals surface area contributed by atoms with Crippen molar-refractivity contribution in [3.05, 3.63) is 29.8 Å². The van der Waals surface area contributed by atoms with E-state index in [4.69, 9.17) is 11.5 Å². The number of hydrogen-bond donors (Lipinski definition) is 3. The second kappa shape index (κ2) is 5.01. The fourth-order valence-corrected chi connectivity index (χ4v) is 1.33. The Kier molecular flexibility index (Phi) is 4.00. The van der Waals surface area contributed by atoms with E-state index in [1.54, 1.807) is 52.0 Å². The molecular weight excluding hydrogens is 242 g/mol. The number of carbonyl (C=O) groups excluding carboxylic acids is 2. The first-order valence-corrected chi connectivity index (χ1v) is 6.06. The van der Waals surface area contributed by atoms with Crippen molar-refractivity contribution in [3.63, 3.8) is 0 Å². The zero-order chi connectivity index (χ0) is 14.8. The van der Waals surface area contributed by atoms with Gasteiger partial charge in [-0.15, -0.1) is 0 Å². The van der Waals surface area contributed by atoms with Crippen molar-refractivity contribution in [1.82, 2.24) is 0 Å². The Morgan fingerprint density at radius 3 is 2.21 bits per heavy atom. The molecule has 0 aliphatic carbocycles. The predicted octanol–water partition coefficient (Wildman–Crippen LogP) is 1.49. The third kappa shape index (κ3) is 3.32. The van der Waals surface area contributed by atoms with Gasteiger partial charge in [0.2, 0.25) is 11.8 Å². The molecule has 0 aromatic heterocycles. The van der Waals surface area contributed by atoms with Gasteiger partial charge in [0.15, 0.2) is 0 Å². The quantitative estimate of drug-likeness (QED) is 0.767. The van der Waals surface area contributed by atoms with Gasteiger partial charge in [-0.25, -0.2) is 0 Å². The number of anilines is 1. The normalized spacial score (nSPS) is 12.1. The van der Waals surface area contributed by atoms with E-state index < -0.39 is 16.9 Å². The summed E-state index contributed by atoms with van der Waals surface area (Å²) in [6.45, 7) is 7.15. The van der Waals surface area contributed by atoms with Crippen molar-refractivity contribution < 1.29 is 9.59 Å². The van der Waals surface area contributed by atoms with Crippen LogP contribution in [0.25, 0.3) is 0 Å². The first-order valence-electron chi connectivity index (χ1n) is 6.06. The molecule has 19 heavy (non-hydrogen) atoms. The lowest BCUT2D eigenvalue weighted by atomic mass is 9.74. The molecule has 0 aliphatic heterocycles. The van der Waals surface area contributed by atoms with Gasteiger partial charge in [-0.1, -0.05) is 6.07 Å². The summed E-state index contributed by atoms with van der Waals surface area (Å²) >= 11 is 0. The summed E-state index contributed by atoms with van der Waals surface area (Å²) in [4.78, 5) is 23.3. The van der Waals surface area contributed by atoms with Crippen molar-refractivity contribution in [3.8, 4) is 0 Å². The summed E-state index contributed by atoms with van der Waals surface area (Å²) in [6, 6.07) is 6.50. The molecule has 5 nitrogen and oxygen atoms in total. The number of carbonyl (C=O) groups is 2. The van der Waals surface area contributed by atoms with Crippen LogP contribution in [0, 0.1) is 5.41 Å². The van der Waals surface area contributed by atoms with E-state index in [1.165, 1.54) is 0 Å². The third-order valence-corrected chi connectivity index (χ3v) is 3.58. The number of primary amides is 1. The number of hydrogen-bond acceptors (Lipinski definition) is 3. The first kappa shape index (κ1) is 15.2. The Balaban J connectivity index is 2.95. The molecule has 0 bridgehead atoms. The fourth-order valence-electron chi connectivity index (χ4n) is 1.33. The Morgan fingerprint density at radius 1 is 1.16 bits per heavy atom. The smallest absolute Gasteiger partial charge is 0.248 e. The number of nitrogens with one attached hydrogen (secondary N) is 1. The number of rotatable bonds is 4. The molecule has 0 saturated heterocycles. The lowest BCUT2D eigenvalue weighted by Crippen LogP contribution is -2.53. The van der Waals surface area contributed by atoms with Crippen LogP contribution in [-0.4, -0.2) is 17.4 Å². The van der Waals surface area contributed by atoms with Gasteiger partial charge in [0.1, 0.15) is 0 Å². The van der Waals surface area contributed by atoms with Gasteiger partial charge < -0.3 is 16.8 Å². The highest BCUT2D eigenvalue weighted by atomic mass is 16.2. The fraction of sp³-hybridized carbons (Fsp3) is 0.429. The summed E-state index contributed by atoms with van der Waals surface area (Å²) in [5.41, 5.74) is 10.7. The van der Waals surface area contributed by atoms with Gasteiger partial charge in [0.05, 0.1) is 5.41 Å². The van der Waals surface area contributed by atoms with Crippen LogP contribution in [0.5, 0.6) is 0 Å². The van der Waals surface area contributed by atoms with Crippen LogP contribution in [0.4, 0.5) is 5.69 Å². The molecular formula is C14H21N3O2. The van der Waals surface area contributed by atoms with Gasteiger partial charge in [0, 0.05) is 16.8 Å². The molecule has 5 heteroatoms.